The van der Waals surface area contributed by atoms with Gasteiger partial charge in [0.1, 0.15) is 0 Å². The zero-order chi connectivity index (χ0) is 11.9. The molecule has 0 radical (unpaired) electrons. The Morgan fingerprint density at radius 1 is 1.35 bits per heavy atom. The average molecular weight is 266 g/mol. The van der Waals surface area contributed by atoms with Crippen molar-refractivity contribution in [2.75, 3.05) is 7.05 Å². The molecule has 0 aromatic carbocycles. The van der Waals surface area contributed by atoms with Crippen LogP contribution in [0.2, 0.25) is 0 Å². The molecular weight excluding hydrogens is 248 g/mol. The number of rotatable bonds is 7. The van der Waals surface area contributed by atoms with Crippen molar-refractivity contribution in [2.45, 2.75) is 31.7 Å². The van der Waals surface area contributed by atoms with E-state index < -0.39 is 0 Å². The Balaban J connectivity index is 1.72. The maximum absolute atomic E-state index is 4.12. The molecule has 17 heavy (non-hydrogen) atoms. The van der Waals surface area contributed by atoms with E-state index in [1.165, 1.54) is 29.0 Å². The van der Waals surface area contributed by atoms with Crippen molar-refractivity contribution >= 4 is 22.7 Å². The Hall–Kier alpha value is -0.710. The zero-order valence-electron chi connectivity index (χ0n) is 10.1. The van der Waals surface area contributed by atoms with Crippen LogP contribution in [0.1, 0.15) is 22.6 Å². The number of thiophene rings is 1. The summed E-state index contributed by atoms with van der Waals surface area (Å²) >= 11 is 3.61. The highest BCUT2D eigenvalue weighted by atomic mass is 32.1. The summed E-state index contributed by atoms with van der Waals surface area (Å²) in [6.07, 6.45) is 6.77. The summed E-state index contributed by atoms with van der Waals surface area (Å²) in [5.74, 6) is 0. The standard InChI is InChI=1S/C13H18N2S2/c1-14-11(8-13-9-15-10-17-13)4-2-5-12-6-3-7-16-12/h3,6-7,9-11,14H,2,4-5,8H2,1H3. The smallest absolute Gasteiger partial charge is 0.0794 e. The highest BCUT2D eigenvalue weighted by molar-refractivity contribution is 7.10. The summed E-state index contributed by atoms with van der Waals surface area (Å²) < 4.78 is 0. The van der Waals surface area contributed by atoms with Crippen LogP contribution in [-0.4, -0.2) is 18.1 Å². The molecule has 0 saturated carbocycles. The maximum Gasteiger partial charge on any atom is 0.0794 e. The first-order valence-electron chi connectivity index (χ1n) is 5.95. The van der Waals surface area contributed by atoms with E-state index in [9.17, 15) is 0 Å². The number of aryl methyl sites for hydroxylation is 1. The summed E-state index contributed by atoms with van der Waals surface area (Å²) in [6.45, 7) is 0. The van der Waals surface area contributed by atoms with E-state index in [2.05, 4.69) is 34.9 Å². The van der Waals surface area contributed by atoms with Crippen molar-refractivity contribution in [2.24, 2.45) is 0 Å². The van der Waals surface area contributed by atoms with Crippen LogP contribution in [-0.2, 0) is 12.8 Å². The molecule has 2 aromatic rings. The van der Waals surface area contributed by atoms with E-state index in [-0.39, 0.29) is 0 Å². The maximum atomic E-state index is 4.12. The Morgan fingerprint density at radius 3 is 2.94 bits per heavy atom. The fraction of sp³-hybridized carbons (Fsp3) is 0.462. The van der Waals surface area contributed by atoms with Gasteiger partial charge in [-0.2, -0.15) is 0 Å². The van der Waals surface area contributed by atoms with Crippen LogP contribution in [0.4, 0.5) is 0 Å². The Bertz CT molecular complexity index is 395. The van der Waals surface area contributed by atoms with Gasteiger partial charge < -0.3 is 5.32 Å². The number of nitrogens with zero attached hydrogens (tertiary/aromatic N) is 1. The first-order chi connectivity index (χ1) is 8.38. The number of thiazole rings is 1. The second-order valence-electron chi connectivity index (χ2n) is 4.13. The Kier molecular flexibility index (Phi) is 5.16. The molecule has 0 fully saturated rings. The van der Waals surface area contributed by atoms with E-state index in [0.29, 0.717) is 6.04 Å². The molecule has 0 spiro atoms. The van der Waals surface area contributed by atoms with Crippen LogP contribution in [0.5, 0.6) is 0 Å². The van der Waals surface area contributed by atoms with Gasteiger partial charge in [0, 0.05) is 22.0 Å². The number of nitrogens with one attached hydrogen (secondary N) is 1. The van der Waals surface area contributed by atoms with Crippen molar-refractivity contribution in [3.8, 4) is 0 Å². The van der Waals surface area contributed by atoms with Gasteiger partial charge in [-0.15, -0.1) is 22.7 Å². The third kappa shape index (κ3) is 4.22. The molecule has 0 saturated heterocycles. The van der Waals surface area contributed by atoms with Gasteiger partial charge >= 0.3 is 0 Å². The summed E-state index contributed by atoms with van der Waals surface area (Å²) in [7, 11) is 2.05. The highest BCUT2D eigenvalue weighted by Gasteiger charge is 2.08. The Morgan fingerprint density at radius 2 is 2.29 bits per heavy atom. The Labute approximate surface area is 111 Å². The number of likely N-dealkylation sites (N-methyl/N-ethyl adjacent to an activating group) is 1. The lowest BCUT2D eigenvalue weighted by atomic mass is 10.1. The number of hydrogen-bond donors (Lipinski definition) is 1. The zero-order valence-corrected chi connectivity index (χ0v) is 11.7. The number of hydrogen-bond acceptors (Lipinski definition) is 4. The monoisotopic (exact) mass is 266 g/mol. The van der Waals surface area contributed by atoms with Gasteiger partial charge in [-0.1, -0.05) is 6.07 Å². The minimum atomic E-state index is 0.579. The van der Waals surface area contributed by atoms with Gasteiger partial charge in [0.25, 0.3) is 0 Å². The SMILES string of the molecule is CNC(CCCc1cccs1)Cc1cncs1. The molecule has 1 unspecified atom stereocenters. The first kappa shape index (κ1) is 12.7. The minimum Gasteiger partial charge on any atom is -0.317 e. The predicted octanol–water partition coefficient (Wildman–Crippen LogP) is 3.36. The lowest BCUT2D eigenvalue weighted by Crippen LogP contribution is -2.27. The molecule has 2 rings (SSSR count). The van der Waals surface area contributed by atoms with Crippen LogP contribution < -0.4 is 5.32 Å². The van der Waals surface area contributed by atoms with Gasteiger partial charge in [0.05, 0.1) is 5.51 Å². The highest BCUT2D eigenvalue weighted by Crippen LogP contribution is 2.15. The molecule has 2 aromatic heterocycles. The molecule has 2 heterocycles. The second-order valence-corrected chi connectivity index (χ2v) is 6.13. The second kappa shape index (κ2) is 6.89. The lowest BCUT2D eigenvalue weighted by Gasteiger charge is -2.14. The third-order valence-corrected chi connectivity index (χ3v) is 4.63. The molecule has 2 nitrogen and oxygen atoms in total. The molecule has 0 amide bonds. The summed E-state index contributed by atoms with van der Waals surface area (Å²) in [4.78, 5) is 7.00. The van der Waals surface area contributed by atoms with E-state index >= 15 is 0 Å². The van der Waals surface area contributed by atoms with Crippen molar-refractivity contribution < 1.29 is 0 Å². The van der Waals surface area contributed by atoms with Gasteiger partial charge in [0.2, 0.25) is 0 Å². The molecule has 0 aliphatic carbocycles. The van der Waals surface area contributed by atoms with Crippen molar-refractivity contribution in [1.82, 2.24) is 10.3 Å². The molecule has 92 valence electrons. The summed E-state index contributed by atoms with van der Waals surface area (Å²) in [6, 6.07) is 4.94. The van der Waals surface area contributed by atoms with Gasteiger partial charge in [-0.3, -0.25) is 4.98 Å². The topological polar surface area (TPSA) is 24.9 Å². The van der Waals surface area contributed by atoms with Crippen LogP contribution in [0, 0.1) is 0 Å². The fourth-order valence-corrected chi connectivity index (χ4v) is 3.34. The van der Waals surface area contributed by atoms with Crippen molar-refractivity contribution in [1.29, 1.82) is 0 Å². The fourth-order valence-electron chi connectivity index (χ4n) is 1.91. The predicted molar refractivity (Wildman–Crippen MR) is 75.9 cm³/mol. The average Bonchev–Trinajstić information content (AvgIpc) is 3.00. The molecule has 0 bridgehead atoms. The normalized spacial score (nSPS) is 12.8. The van der Waals surface area contributed by atoms with Crippen LogP contribution >= 0.6 is 22.7 Å². The van der Waals surface area contributed by atoms with E-state index in [1.807, 2.05) is 23.0 Å². The van der Waals surface area contributed by atoms with E-state index in [4.69, 9.17) is 0 Å². The molecule has 0 aliphatic rings. The van der Waals surface area contributed by atoms with Crippen LogP contribution in [0.25, 0.3) is 0 Å². The first-order valence-corrected chi connectivity index (χ1v) is 7.71. The molecule has 1 atom stereocenters. The summed E-state index contributed by atoms with van der Waals surface area (Å²) in [5.41, 5.74) is 1.91. The lowest BCUT2D eigenvalue weighted by molar-refractivity contribution is 0.505. The van der Waals surface area contributed by atoms with Crippen LogP contribution in [0.15, 0.2) is 29.2 Å². The van der Waals surface area contributed by atoms with Gasteiger partial charge in [0.15, 0.2) is 0 Å². The van der Waals surface area contributed by atoms with E-state index in [0.717, 1.165) is 6.42 Å². The molecular formula is C13H18N2S2. The van der Waals surface area contributed by atoms with Gasteiger partial charge in [-0.05, 0) is 44.2 Å². The third-order valence-electron chi connectivity index (χ3n) is 2.90. The van der Waals surface area contributed by atoms with Crippen molar-refractivity contribution in [3.05, 3.63) is 39.0 Å². The molecule has 1 N–H and O–H groups in total. The number of aromatic nitrogens is 1. The van der Waals surface area contributed by atoms with E-state index in [1.54, 1.807) is 11.3 Å². The van der Waals surface area contributed by atoms with Crippen molar-refractivity contribution in [3.63, 3.8) is 0 Å². The largest absolute Gasteiger partial charge is 0.317 e. The molecule has 4 heteroatoms. The minimum absolute atomic E-state index is 0.579. The quantitative estimate of drug-likeness (QED) is 0.831. The summed E-state index contributed by atoms with van der Waals surface area (Å²) in [5, 5.41) is 5.56. The van der Waals surface area contributed by atoms with Crippen LogP contribution in [0.3, 0.4) is 0 Å². The van der Waals surface area contributed by atoms with Gasteiger partial charge in [-0.25, -0.2) is 0 Å². The molecule has 0 aliphatic heterocycles.